The lowest BCUT2D eigenvalue weighted by Gasteiger charge is -1.94. The summed E-state index contributed by atoms with van der Waals surface area (Å²) in [7, 11) is 0. The Kier molecular flexibility index (Phi) is 3.03. The molecule has 1 heterocycles. The molecule has 12 heavy (non-hydrogen) atoms. The maximum absolute atomic E-state index is 12.8. The topological polar surface area (TPSA) is 12.0 Å². The summed E-state index contributed by atoms with van der Waals surface area (Å²) in [5.74, 6) is -0.125. The molecule has 0 amide bonds. The molecule has 0 aromatic heterocycles. The van der Waals surface area contributed by atoms with Gasteiger partial charge < -0.3 is 5.32 Å². The summed E-state index contributed by atoms with van der Waals surface area (Å²) in [6, 6.07) is 0. The van der Waals surface area contributed by atoms with Crippen molar-refractivity contribution in [3.05, 3.63) is 41.4 Å². The standard InChI is InChI=1S/C10H12FN/c1-3-4-5-9-6-12-7-10(9)8(2)11/h3-4,12H,1,6-7H2,2H3/b10-8+. The SMILES string of the molecule is C=CC=C=C1CNC/C1=C(/C)F. The summed E-state index contributed by atoms with van der Waals surface area (Å²) < 4.78 is 12.8. The van der Waals surface area contributed by atoms with Gasteiger partial charge in [-0.3, -0.25) is 0 Å². The minimum atomic E-state index is -0.125. The highest BCUT2D eigenvalue weighted by molar-refractivity contribution is 5.38. The van der Waals surface area contributed by atoms with E-state index in [-0.39, 0.29) is 5.83 Å². The fraction of sp³-hybridized carbons (Fsp3) is 0.300. The summed E-state index contributed by atoms with van der Waals surface area (Å²) in [5.41, 5.74) is 4.60. The zero-order valence-corrected chi connectivity index (χ0v) is 7.15. The van der Waals surface area contributed by atoms with Crippen LogP contribution in [0.15, 0.2) is 41.4 Å². The molecule has 0 aliphatic carbocycles. The van der Waals surface area contributed by atoms with Gasteiger partial charge in [0.05, 0.1) is 0 Å². The zero-order chi connectivity index (χ0) is 8.97. The van der Waals surface area contributed by atoms with Crippen LogP contribution >= 0.6 is 0 Å². The molecule has 1 rings (SSSR count). The third-order valence-electron chi connectivity index (χ3n) is 1.76. The first kappa shape index (κ1) is 8.98. The zero-order valence-electron chi connectivity index (χ0n) is 7.15. The molecule has 0 aromatic rings. The van der Waals surface area contributed by atoms with Crippen LogP contribution in [0.25, 0.3) is 0 Å². The molecule has 64 valence electrons. The van der Waals surface area contributed by atoms with Gasteiger partial charge in [0, 0.05) is 24.2 Å². The summed E-state index contributed by atoms with van der Waals surface area (Å²) in [5, 5.41) is 3.06. The van der Waals surface area contributed by atoms with Gasteiger partial charge in [-0.25, -0.2) is 4.39 Å². The summed E-state index contributed by atoms with van der Waals surface area (Å²) in [6.07, 6.45) is 3.34. The highest BCUT2D eigenvalue weighted by atomic mass is 19.1. The van der Waals surface area contributed by atoms with Crippen LogP contribution in [-0.2, 0) is 0 Å². The van der Waals surface area contributed by atoms with Gasteiger partial charge >= 0.3 is 0 Å². The van der Waals surface area contributed by atoms with Crippen molar-refractivity contribution in [2.45, 2.75) is 6.92 Å². The smallest absolute Gasteiger partial charge is 0.102 e. The second kappa shape index (κ2) is 4.05. The van der Waals surface area contributed by atoms with Crippen molar-refractivity contribution in [2.24, 2.45) is 0 Å². The summed E-state index contributed by atoms with van der Waals surface area (Å²) >= 11 is 0. The Bertz CT molecular complexity index is 276. The van der Waals surface area contributed by atoms with Crippen LogP contribution in [-0.4, -0.2) is 13.1 Å². The Hall–Kier alpha value is -1.11. The maximum atomic E-state index is 12.8. The predicted molar refractivity (Wildman–Crippen MR) is 48.5 cm³/mol. The fourth-order valence-corrected chi connectivity index (χ4v) is 1.15. The van der Waals surface area contributed by atoms with Gasteiger partial charge in [0.2, 0.25) is 0 Å². The summed E-state index contributed by atoms with van der Waals surface area (Å²) in [6.45, 7) is 6.30. The lowest BCUT2D eigenvalue weighted by molar-refractivity contribution is 0.628. The quantitative estimate of drug-likeness (QED) is 0.463. The number of nitrogens with one attached hydrogen (secondary N) is 1. The van der Waals surface area contributed by atoms with Crippen molar-refractivity contribution < 1.29 is 4.39 Å². The first-order valence-electron chi connectivity index (χ1n) is 3.88. The van der Waals surface area contributed by atoms with Crippen LogP contribution in [0.1, 0.15) is 6.92 Å². The van der Waals surface area contributed by atoms with E-state index in [4.69, 9.17) is 0 Å². The minimum Gasteiger partial charge on any atom is -0.308 e. The molecule has 1 saturated heterocycles. The highest BCUT2D eigenvalue weighted by Crippen LogP contribution is 2.18. The van der Waals surface area contributed by atoms with Crippen molar-refractivity contribution >= 4 is 0 Å². The molecule has 0 atom stereocenters. The van der Waals surface area contributed by atoms with Crippen LogP contribution in [0.2, 0.25) is 0 Å². The van der Waals surface area contributed by atoms with Crippen molar-refractivity contribution in [2.75, 3.05) is 13.1 Å². The van der Waals surface area contributed by atoms with E-state index < -0.39 is 0 Å². The van der Waals surface area contributed by atoms with Crippen LogP contribution in [0.5, 0.6) is 0 Å². The van der Waals surface area contributed by atoms with Gasteiger partial charge in [-0.1, -0.05) is 12.7 Å². The molecule has 1 aliphatic rings. The summed E-state index contributed by atoms with van der Waals surface area (Å²) in [4.78, 5) is 0. The van der Waals surface area contributed by atoms with E-state index in [1.165, 1.54) is 6.92 Å². The van der Waals surface area contributed by atoms with Crippen LogP contribution in [0.3, 0.4) is 0 Å². The Balaban J connectivity index is 3.00. The van der Waals surface area contributed by atoms with E-state index in [0.29, 0.717) is 13.1 Å². The van der Waals surface area contributed by atoms with Gasteiger partial charge in [-0.2, -0.15) is 0 Å². The van der Waals surface area contributed by atoms with Crippen molar-refractivity contribution in [3.8, 4) is 0 Å². The number of hydrogen-bond acceptors (Lipinski definition) is 1. The molecule has 0 saturated carbocycles. The van der Waals surface area contributed by atoms with Crippen LogP contribution in [0, 0.1) is 0 Å². The van der Waals surface area contributed by atoms with Crippen molar-refractivity contribution in [1.82, 2.24) is 5.32 Å². The third-order valence-corrected chi connectivity index (χ3v) is 1.76. The fourth-order valence-electron chi connectivity index (χ4n) is 1.15. The van der Waals surface area contributed by atoms with Crippen LogP contribution in [0.4, 0.5) is 4.39 Å². The monoisotopic (exact) mass is 165 g/mol. The molecule has 0 spiro atoms. The van der Waals surface area contributed by atoms with E-state index in [2.05, 4.69) is 17.6 Å². The highest BCUT2D eigenvalue weighted by Gasteiger charge is 2.14. The average Bonchev–Trinajstić information content (AvgIpc) is 2.48. The molecule has 1 fully saturated rings. The number of rotatable bonds is 1. The first-order valence-corrected chi connectivity index (χ1v) is 3.88. The lowest BCUT2D eigenvalue weighted by atomic mass is 10.1. The second-order valence-corrected chi connectivity index (χ2v) is 2.64. The Morgan fingerprint density at radius 3 is 3.00 bits per heavy atom. The number of hydrogen-bond donors (Lipinski definition) is 1. The van der Waals surface area contributed by atoms with Crippen LogP contribution < -0.4 is 5.32 Å². The van der Waals surface area contributed by atoms with E-state index >= 15 is 0 Å². The Labute approximate surface area is 72.0 Å². The van der Waals surface area contributed by atoms with Crippen molar-refractivity contribution in [3.63, 3.8) is 0 Å². The van der Waals surface area contributed by atoms with E-state index in [1.54, 1.807) is 12.2 Å². The largest absolute Gasteiger partial charge is 0.308 e. The normalized spacial score (nSPS) is 20.3. The Morgan fingerprint density at radius 2 is 2.42 bits per heavy atom. The van der Waals surface area contributed by atoms with Crippen molar-refractivity contribution in [1.29, 1.82) is 0 Å². The van der Waals surface area contributed by atoms with E-state index in [0.717, 1.165) is 11.1 Å². The predicted octanol–water partition coefficient (Wildman–Crippen LogP) is 2.10. The number of halogens is 1. The molecule has 0 unspecified atom stereocenters. The molecule has 0 aromatic carbocycles. The molecular weight excluding hydrogens is 153 g/mol. The Morgan fingerprint density at radius 1 is 1.67 bits per heavy atom. The maximum Gasteiger partial charge on any atom is 0.102 e. The average molecular weight is 165 g/mol. The molecule has 1 N–H and O–H groups in total. The molecular formula is C10H12FN. The van der Waals surface area contributed by atoms with Gasteiger partial charge in [0.15, 0.2) is 0 Å². The molecule has 2 heteroatoms. The van der Waals surface area contributed by atoms with Gasteiger partial charge in [-0.05, 0) is 13.0 Å². The molecule has 1 aliphatic heterocycles. The minimum absolute atomic E-state index is 0.125. The number of allylic oxidation sites excluding steroid dienone is 2. The van der Waals surface area contributed by atoms with Gasteiger partial charge in [-0.15, -0.1) is 5.73 Å². The molecule has 0 radical (unpaired) electrons. The molecule has 1 nitrogen and oxygen atoms in total. The second-order valence-electron chi connectivity index (χ2n) is 2.64. The van der Waals surface area contributed by atoms with Gasteiger partial charge in [0.25, 0.3) is 0 Å². The van der Waals surface area contributed by atoms with Gasteiger partial charge in [0.1, 0.15) is 5.83 Å². The lowest BCUT2D eigenvalue weighted by Crippen LogP contribution is -2.05. The molecule has 0 bridgehead atoms. The van der Waals surface area contributed by atoms with E-state index in [1.807, 2.05) is 0 Å². The van der Waals surface area contributed by atoms with E-state index in [9.17, 15) is 4.39 Å². The first-order chi connectivity index (χ1) is 5.75. The third kappa shape index (κ3) is 1.94.